The van der Waals surface area contributed by atoms with E-state index in [9.17, 15) is 0 Å². The normalized spacial score (nSPS) is 9.18. The Morgan fingerprint density at radius 2 is 1.41 bits per heavy atom. The topological polar surface area (TPSA) is 38.9 Å². The third-order valence-electron chi connectivity index (χ3n) is 2.38. The average molecular weight is 242 g/mol. The number of hydrogen-bond donors (Lipinski definition) is 0. The van der Waals surface area contributed by atoms with Gasteiger partial charge in [-0.2, -0.15) is 0 Å². The van der Waals surface area contributed by atoms with Crippen molar-refractivity contribution < 1.29 is 4.42 Å². The van der Waals surface area contributed by atoms with E-state index in [4.69, 9.17) is 4.42 Å². The van der Waals surface area contributed by atoms with Crippen molar-refractivity contribution in [2.24, 2.45) is 0 Å². The van der Waals surface area contributed by atoms with Crippen LogP contribution in [0.4, 0.5) is 0 Å². The molecule has 0 N–H and O–H groups in total. The largest absolute Gasteiger partial charge is 0.425 e. The first-order chi connectivity index (χ1) is 8.19. The Kier molecular flexibility index (Phi) is 14.4. The maximum atomic E-state index is 5.31. The Labute approximate surface area is 107 Å². The molecular weight excluding hydrogens is 212 g/mol. The summed E-state index contributed by atoms with van der Waals surface area (Å²) in [5, 5.41) is 7.76. The third kappa shape index (κ3) is 8.90. The standard InChI is InChI=1S/C8H14N2O.C4H10.C2H6/c1-4-7(5-2)8-10-9-6(3)11-8;1-3-4-2;1-2/h7H,4-5H2,1-3H3;3-4H2,1-2H3;1-2H3. The van der Waals surface area contributed by atoms with E-state index < -0.39 is 0 Å². The lowest BCUT2D eigenvalue weighted by Gasteiger charge is -2.04. The van der Waals surface area contributed by atoms with Gasteiger partial charge in [0.25, 0.3) is 0 Å². The van der Waals surface area contributed by atoms with Gasteiger partial charge in [-0.1, -0.05) is 54.4 Å². The molecule has 0 aliphatic carbocycles. The molecule has 1 aromatic rings. The molecule has 0 aliphatic heterocycles. The molecule has 0 amide bonds. The van der Waals surface area contributed by atoms with E-state index in [1.54, 1.807) is 0 Å². The van der Waals surface area contributed by atoms with Gasteiger partial charge >= 0.3 is 0 Å². The molecule has 0 radical (unpaired) electrons. The van der Waals surface area contributed by atoms with Gasteiger partial charge in [-0.25, -0.2) is 0 Å². The molecule has 3 heteroatoms. The van der Waals surface area contributed by atoms with E-state index in [0.29, 0.717) is 11.8 Å². The zero-order valence-electron chi connectivity index (χ0n) is 12.7. The highest BCUT2D eigenvalue weighted by atomic mass is 16.4. The van der Waals surface area contributed by atoms with E-state index in [2.05, 4.69) is 37.9 Å². The van der Waals surface area contributed by atoms with Gasteiger partial charge in [0.15, 0.2) is 0 Å². The van der Waals surface area contributed by atoms with Crippen molar-refractivity contribution in [2.75, 3.05) is 0 Å². The van der Waals surface area contributed by atoms with Crippen LogP contribution in [0.15, 0.2) is 4.42 Å². The number of rotatable bonds is 4. The summed E-state index contributed by atoms with van der Waals surface area (Å²) in [7, 11) is 0. The minimum atomic E-state index is 0.441. The number of aromatic nitrogens is 2. The summed E-state index contributed by atoms with van der Waals surface area (Å²) in [4.78, 5) is 0. The molecule has 17 heavy (non-hydrogen) atoms. The van der Waals surface area contributed by atoms with Gasteiger partial charge in [-0.15, -0.1) is 10.2 Å². The molecule has 0 unspecified atom stereocenters. The Morgan fingerprint density at radius 3 is 1.65 bits per heavy atom. The molecule has 102 valence electrons. The lowest BCUT2D eigenvalue weighted by molar-refractivity contribution is 0.415. The summed E-state index contributed by atoms with van der Waals surface area (Å²) >= 11 is 0. The van der Waals surface area contributed by atoms with Crippen molar-refractivity contribution in [3.63, 3.8) is 0 Å². The molecule has 1 aromatic heterocycles. The van der Waals surface area contributed by atoms with Gasteiger partial charge in [0.1, 0.15) is 0 Å². The van der Waals surface area contributed by atoms with Crippen molar-refractivity contribution >= 4 is 0 Å². The minimum Gasteiger partial charge on any atom is -0.425 e. The first-order valence-corrected chi connectivity index (χ1v) is 6.99. The van der Waals surface area contributed by atoms with E-state index >= 15 is 0 Å². The molecule has 1 heterocycles. The number of nitrogens with zero attached hydrogens (tertiary/aromatic N) is 2. The zero-order chi connectivity index (χ0) is 13.7. The van der Waals surface area contributed by atoms with Gasteiger partial charge < -0.3 is 4.42 Å². The van der Waals surface area contributed by atoms with E-state index in [0.717, 1.165) is 18.7 Å². The van der Waals surface area contributed by atoms with E-state index in [-0.39, 0.29) is 0 Å². The highest BCUT2D eigenvalue weighted by molar-refractivity contribution is 4.88. The Bertz CT molecular complexity index is 240. The lowest BCUT2D eigenvalue weighted by atomic mass is 10.0. The SMILES string of the molecule is CC.CCC(CC)c1nnc(C)o1.CCCC. The first kappa shape index (κ1) is 18.5. The van der Waals surface area contributed by atoms with Crippen LogP contribution in [-0.2, 0) is 0 Å². The predicted octanol–water partition coefficient (Wildman–Crippen LogP) is 5.11. The van der Waals surface area contributed by atoms with Crippen molar-refractivity contribution in [3.05, 3.63) is 11.8 Å². The molecule has 0 atom stereocenters. The molecule has 1 rings (SSSR count). The van der Waals surface area contributed by atoms with Crippen LogP contribution in [0.25, 0.3) is 0 Å². The number of unbranched alkanes of at least 4 members (excludes halogenated alkanes) is 1. The summed E-state index contributed by atoms with van der Waals surface area (Å²) in [6, 6.07) is 0. The zero-order valence-corrected chi connectivity index (χ0v) is 12.7. The molecule has 0 spiro atoms. The molecule has 0 aliphatic rings. The fourth-order valence-corrected chi connectivity index (χ4v) is 1.11. The molecule has 0 fully saturated rings. The highest BCUT2D eigenvalue weighted by Crippen LogP contribution is 2.20. The van der Waals surface area contributed by atoms with Crippen LogP contribution in [-0.4, -0.2) is 10.2 Å². The van der Waals surface area contributed by atoms with Crippen molar-refractivity contribution in [1.29, 1.82) is 0 Å². The van der Waals surface area contributed by atoms with Crippen LogP contribution in [0.5, 0.6) is 0 Å². The van der Waals surface area contributed by atoms with Crippen LogP contribution in [0.1, 0.15) is 84.9 Å². The Morgan fingerprint density at radius 1 is 0.941 bits per heavy atom. The van der Waals surface area contributed by atoms with Gasteiger partial charge in [-0.05, 0) is 12.8 Å². The highest BCUT2D eigenvalue weighted by Gasteiger charge is 2.12. The fourth-order valence-electron chi connectivity index (χ4n) is 1.11. The van der Waals surface area contributed by atoms with Gasteiger partial charge in [0.05, 0.1) is 0 Å². The lowest BCUT2D eigenvalue weighted by Crippen LogP contribution is -1.95. The van der Waals surface area contributed by atoms with Crippen molar-refractivity contribution in [2.45, 2.75) is 80.1 Å². The second-order valence-corrected chi connectivity index (χ2v) is 3.67. The van der Waals surface area contributed by atoms with Crippen LogP contribution in [0, 0.1) is 6.92 Å². The summed E-state index contributed by atoms with van der Waals surface area (Å²) in [6.45, 7) is 14.4. The molecule has 0 aromatic carbocycles. The van der Waals surface area contributed by atoms with Gasteiger partial charge in [0.2, 0.25) is 11.8 Å². The quantitative estimate of drug-likeness (QED) is 0.736. The van der Waals surface area contributed by atoms with Crippen LogP contribution in [0.3, 0.4) is 0 Å². The summed E-state index contributed by atoms with van der Waals surface area (Å²) in [5.41, 5.74) is 0. The second kappa shape index (κ2) is 13.2. The van der Waals surface area contributed by atoms with Crippen molar-refractivity contribution in [3.8, 4) is 0 Å². The monoisotopic (exact) mass is 242 g/mol. The number of aryl methyl sites for hydroxylation is 1. The van der Waals surface area contributed by atoms with Gasteiger partial charge in [-0.3, -0.25) is 0 Å². The average Bonchev–Trinajstić information content (AvgIpc) is 2.80. The minimum absolute atomic E-state index is 0.441. The maximum Gasteiger partial charge on any atom is 0.219 e. The van der Waals surface area contributed by atoms with E-state index in [1.165, 1.54) is 12.8 Å². The smallest absolute Gasteiger partial charge is 0.219 e. The first-order valence-electron chi connectivity index (χ1n) is 6.99. The molecule has 3 nitrogen and oxygen atoms in total. The Balaban J connectivity index is 0. The fraction of sp³-hybridized carbons (Fsp3) is 0.857. The number of hydrogen-bond acceptors (Lipinski definition) is 3. The van der Waals surface area contributed by atoms with Crippen LogP contribution < -0.4 is 0 Å². The van der Waals surface area contributed by atoms with Gasteiger partial charge in [0, 0.05) is 12.8 Å². The molecule has 0 saturated carbocycles. The third-order valence-corrected chi connectivity index (χ3v) is 2.38. The predicted molar refractivity (Wildman–Crippen MR) is 74.3 cm³/mol. The van der Waals surface area contributed by atoms with Crippen molar-refractivity contribution in [1.82, 2.24) is 10.2 Å². The van der Waals surface area contributed by atoms with E-state index in [1.807, 2.05) is 20.8 Å². The molecule has 0 saturated heterocycles. The molecule has 0 bridgehead atoms. The summed E-state index contributed by atoms with van der Waals surface area (Å²) in [6.07, 6.45) is 4.77. The van der Waals surface area contributed by atoms with Crippen LogP contribution >= 0.6 is 0 Å². The van der Waals surface area contributed by atoms with Crippen LogP contribution in [0.2, 0.25) is 0 Å². The maximum absolute atomic E-state index is 5.31. The Hall–Kier alpha value is -0.860. The molecular formula is C14H30N2O. The second-order valence-electron chi connectivity index (χ2n) is 3.67. The summed E-state index contributed by atoms with van der Waals surface area (Å²) < 4.78 is 5.31. The summed E-state index contributed by atoms with van der Waals surface area (Å²) in [5.74, 6) is 1.88.